The Hall–Kier alpha value is -0.870. The van der Waals surface area contributed by atoms with Crippen molar-refractivity contribution in [1.29, 1.82) is 0 Å². The van der Waals surface area contributed by atoms with E-state index in [1.165, 1.54) is 20.0 Å². The highest BCUT2D eigenvalue weighted by molar-refractivity contribution is 5.69. The predicted octanol–water partition coefficient (Wildman–Crippen LogP) is 5.46. The molecule has 146 valence electrons. The summed E-state index contributed by atoms with van der Waals surface area (Å²) < 4.78 is 4.75. The average Bonchev–Trinajstić information content (AvgIpc) is 2.60. The monoisotopic (exact) mass is 354 g/mol. The number of hydrogen-bond acceptors (Lipinski definition) is 4. The molecular weight excluding hydrogens is 316 g/mol. The number of esters is 1. The quantitative estimate of drug-likeness (QED) is 0.297. The van der Waals surface area contributed by atoms with Gasteiger partial charge in [0.05, 0.1) is 13.5 Å². The Morgan fingerprint density at radius 1 is 1.36 bits per heavy atom. The second-order valence-corrected chi connectivity index (χ2v) is 7.77. The average molecular weight is 355 g/mol. The highest BCUT2D eigenvalue weighted by Crippen LogP contribution is 2.40. The first kappa shape index (κ1) is 22.2. The first-order chi connectivity index (χ1) is 11.9. The largest absolute Gasteiger partial charge is 0.469 e. The van der Waals surface area contributed by atoms with Crippen molar-refractivity contribution >= 4 is 5.97 Å². The van der Waals surface area contributed by atoms with E-state index in [9.17, 15) is 4.79 Å². The summed E-state index contributed by atoms with van der Waals surface area (Å²) in [5, 5.41) is 0. The molecule has 5 atom stereocenters. The summed E-state index contributed by atoms with van der Waals surface area (Å²) in [6.07, 6.45) is 11.0. The Bertz CT molecular complexity index is 420. The van der Waals surface area contributed by atoms with Crippen LogP contribution in [0, 0.1) is 17.8 Å². The fourth-order valence-electron chi connectivity index (χ4n) is 3.90. The maximum atomic E-state index is 11.5. The maximum Gasteiger partial charge on any atom is 0.308 e. The van der Waals surface area contributed by atoms with Crippen molar-refractivity contribution in [1.82, 2.24) is 0 Å². The summed E-state index contributed by atoms with van der Waals surface area (Å²) in [4.78, 5) is 23.0. The fourth-order valence-corrected chi connectivity index (χ4v) is 3.90. The molecule has 1 fully saturated rings. The number of carbonyl (C=O) groups excluding carboxylic acids is 1. The molecule has 4 nitrogen and oxygen atoms in total. The van der Waals surface area contributed by atoms with Gasteiger partial charge in [0, 0.05) is 0 Å². The highest BCUT2D eigenvalue weighted by atomic mass is 17.2. The van der Waals surface area contributed by atoms with Gasteiger partial charge in [0.25, 0.3) is 0 Å². The SMILES string of the molecule is CCC=CC(CC)CC(C)CC1(CC)CC(C)C(CC(=O)OC)OO1. The van der Waals surface area contributed by atoms with Gasteiger partial charge < -0.3 is 4.74 Å². The third-order valence-corrected chi connectivity index (χ3v) is 5.51. The van der Waals surface area contributed by atoms with Gasteiger partial charge in [-0.15, -0.1) is 0 Å². The predicted molar refractivity (Wildman–Crippen MR) is 101 cm³/mol. The summed E-state index contributed by atoms with van der Waals surface area (Å²) in [6, 6.07) is 0. The zero-order valence-corrected chi connectivity index (χ0v) is 17.0. The third kappa shape index (κ3) is 7.10. The number of rotatable bonds is 10. The van der Waals surface area contributed by atoms with Crippen LogP contribution in [0.1, 0.15) is 79.6 Å². The highest BCUT2D eigenvalue weighted by Gasteiger charge is 2.42. The molecule has 5 unspecified atom stereocenters. The van der Waals surface area contributed by atoms with Gasteiger partial charge in [0.2, 0.25) is 0 Å². The summed E-state index contributed by atoms with van der Waals surface area (Å²) in [7, 11) is 1.41. The number of hydrogen-bond donors (Lipinski definition) is 0. The molecule has 0 N–H and O–H groups in total. The van der Waals surface area contributed by atoms with E-state index in [2.05, 4.69) is 46.8 Å². The minimum absolute atomic E-state index is 0.210. The van der Waals surface area contributed by atoms with Gasteiger partial charge in [-0.2, -0.15) is 0 Å². The number of carbonyl (C=O) groups is 1. The van der Waals surface area contributed by atoms with E-state index < -0.39 is 0 Å². The zero-order valence-electron chi connectivity index (χ0n) is 17.0. The minimum atomic E-state index is -0.244. The molecule has 25 heavy (non-hydrogen) atoms. The van der Waals surface area contributed by atoms with Crippen LogP contribution >= 0.6 is 0 Å². The smallest absolute Gasteiger partial charge is 0.308 e. The van der Waals surface area contributed by atoms with E-state index in [-0.39, 0.29) is 30.0 Å². The number of ether oxygens (including phenoxy) is 1. The molecule has 0 radical (unpaired) electrons. The maximum absolute atomic E-state index is 11.5. The third-order valence-electron chi connectivity index (χ3n) is 5.51. The van der Waals surface area contributed by atoms with Gasteiger partial charge in [-0.1, -0.05) is 46.8 Å². The van der Waals surface area contributed by atoms with Crippen molar-refractivity contribution < 1.29 is 19.3 Å². The van der Waals surface area contributed by atoms with Crippen LogP contribution in [0.15, 0.2) is 12.2 Å². The minimum Gasteiger partial charge on any atom is -0.469 e. The van der Waals surface area contributed by atoms with Crippen molar-refractivity contribution in [2.45, 2.75) is 91.3 Å². The van der Waals surface area contributed by atoms with Crippen LogP contribution < -0.4 is 0 Å². The molecule has 0 aromatic rings. The molecule has 0 saturated carbocycles. The fraction of sp³-hybridized carbons (Fsp3) is 0.857. The van der Waals surface area contributed by atoms with Gasteiger partial charge in [-0.05, 0) is 56.3 Å². The molecule has 4 heteroatoms. The molecule has 0 aliphatic carbocycles. The van der Waals surface area contributed by atoms with Crippen molar-refractivity contribution in [2.75, 3.05) is 7.11 Å². The van der Waals surface area contributed by atoms with Crippen LogP contribution in [0.2, 0.25) is 0 Å². The Morgan fingerprint density at radius 2 is 2.08 bits per heavy atom. The normalized spacial score (nSPS) is 29.5. The van der Waals surface area contributed by atoms with Crippen molar-refractivity contribution in [3.63, 3.8) is 0 Å². The van der Waals surface area contributed by atoms with Gasteiger partial charge in [-0.3, -0.25) is 4.79 Å². The Kier molecular flexibility index (Phi) is 9.73. The van der Waals surface area contributed by atoms with Gasteiger partial charge >= 0.3 is 5.97 Å². The van der Waals surface area contributed by atoms with E-state index in [1.54, 1.807) is 0 Å². The lowest BCUT2D eigenvalue weighted by atomic mass is 9.77. The van der Waals surface area contributed by atoms with Crippen LogP contribution in [-0.2, 0) is 19.3 Å². The molecule has 1 aliphatic heterocycles. The van der Waals surface area contributed by atoms with Crippen LogP contribution in [-0.4, -0.2) is 24.8 Å². The first-order valence-corrected chi connectivity index (χ1v) is 9.97. The van der Waals surface area contributed by atoms with Crippen molar-refractivity contribution in [3.8, 4) is 0 Å². The molecule has 0 amide bonds. The van der Waals surface area contributed by atoms with Crippen LogP contribution in [0.25, 0.3) is 0 Å². The van der Waals surface area contributed by atoms with E-state index in [0.29, 0.717) is 11.8 Å². The van der Waals surface area contributed by atoms with E-state index in [4.69, 9.17) is 14.5 Å². The van der Waals surface area contributed by atoms with E-state index >= 15 is 0 Å². The van der Waals surface area contributed by atoms with Crippen LogP contribution in [0.3, 0.4) is 0 Å². The lowest BCUT2D eigenvalue weighted by Gasteiger charge is -2.43. The zero-order chi connectivity index (χ0) is 18.9. The van der Waals surface area contributed by atoms with Crippen LogP contribution in [0.4, 0.5) is 0 Å². The van der Waals surface area contributed by atoms with Gasteiger partial charge in [0.15, 0.2) is 0 Å². The molecule has 1 saturated heterocycles. The standard InChI is InChI=1S/C21H38O4/c1-7-10-11-18(8-2)12-16(4)14-21(9-3)15-17(5)19(24-25-21)13-20(22)23-6/h10-11,16-19H,7-9,12-15H2,1-6H3. The lowest BCUT2D eigenvalue weighted by Crippen LogP contribution is -2.45. The summed E-state index contributed by atoms with van der Waals surface area (Å²) in [5.41, 5.74) is -0.238. The molecule has 0 spiro atoms. The first-order valence-electron chi connectivity index (χ1n) is 9.97. The topological polar surface area (TPSA) is 44.8 Å². The second-order valence-electron chi connectivity index (χ2n) is 7.77. The molecule has 1 aliphatic rings. The molecule has 0 bridgehead atoms. The molecule has 0 aromatic carbocycles. The summed E-state index contributed by atoms with van der Waals surface area (Å²) in [6.45, 7) is 11.1. The number of methoxy groups -OCH3 is 1. The molecular formula is C21H38O4. The summed E-state index contributed by atoms with van der Waals surface area (Å²) in [5.74, 6) is 1.24. The van der Waals surface area contributed by atoms with Crippen molar-refractivity contribution in [2.24, 2.45) is 17.8 Å². The Balaban J connectivity index is 2.62. The molecule has 1 rings (SSSR count). The second kappa shape index (κ2) is 11.0. The Morgan fingerprint density at radius 3 is 2.60 bits per heavy atom. The summed E-state index contributed by atoms with van der Waals surface area (Å²) >= 11 is 0. The van der Waals surface area contributed by atoms with E-state index in [0.717, 1.165) is 25.7 Å². The van der Waals surface area contributed by atoms with Crippen LogP contribution in [0.5, 0.6) is 0 Å². The number of allylic oxidation sites excluding steroid dienone is 2. The Labute approximate surface area is 154 Å². The molecule has 1 heterocycles. The van der Waals surface area contributed by atoms with E-state index in [1.807, 2.05) is 0 Å². The van der Waals surface area contributed by atoms with Gasteiger partial charge in [-0.25, -0.2) is 9.78 Å². The van der Waals surface area contributed by atoms with Crippen molar-refractivity contribution in [3.05, 3.63) is 12.2 Å². The lowest BCUT2D eigenvalue weighted by molar-refractivity contribution is -0.423. The molecule has 0 aromatic heterocycles. The van der Waals surface area contributed by atoms with Gasteiger partial charge in [0.1, 0.15) is 11.7 Å².